The van der Waals surface area contributed by atoms with E-state index in [1.165, 1.54) is 32.1 Å². The summed E-state index contributed by atoms with van der Waals surface area (Å²) < 4.78 is 0. The molecule has 108 valence electrons. The molecule has 18 heavy (non-hydrogen) atoms. The number of nitrogens with one attached hydrogen (secondary N) is 1. The van der Waals surface area contributed by atoms with E-state index < -0.39 is 0 Å². The summed E-state index contributed by atoms with van der Waals surface area (Å²) in [6.07, 6.45) is 8.10. The molecule has 0 fully saturated rings. The van der Waals surface area contributed by atoms with E-state index in [9.17, 15) is 0 Å². The van der Waals surface area contributed by atoms with Gasteiger partial charge in [0.15, 0.2) is 5.82 Å². The molecule has 0 unspecified atom stereocenters. The standard InChI is InChI=1S/C10H19N3.C3H8.C2H6/c1-3-5-7-9-11-10(13-12-9)8-6-4-2;1-3-2;1-2/h3-8H2,1-2H3,(H,11,12,13);3H2,1-2H3;1-2H3. The monoisotopic (exact) mass is 255 g/mol. The van der Waals surface area contributed by atoms with Gasteiger partial charge in [-0.05, 0) is 12.8 Å². The SMILES string of the molecule is CC.CCC.CCCCc1n[nH]c(CCCC)n1. The Labute approximate surface area is 114 Å². The number of hydrogen-bond donors (Lipinski definition) is 1. The smallest absolute Gasteiger partial charge is 0.150 e. The predicted molar refractivity (Wildman–Crippen MR) is 80.9 cm³/mol. The van der Waals surface area contributed by atoms with E-state index in [4.69, 9.17) is 0 Å². The van der Waals surface area contributed by atoms with Crippen molar-refractivity contribution in [2.24, 2.45) is 0 Å². The number of nitrogens with zero attached hydrogens (tertiary/aromatic N) is 2. The highest BCUT2D eigenvalue weighted by Crippen LogP contribution is 2.02. The van der Waals surface area contributed by atoms with Crippen molar-refractivity contribution in [3.05, 3.63) is 11.6 Å². The Morgan fingerprint density at radius 1 is 0.889 bits per heavy atom. The maximum Gasteiger partial charge on any atom is 0.150 e. The van der Waals surface area contributed by atoms with Gasteiger partial charge in [0.25, 0.3) is 0 Å². The summed E-state index contributed by atoms with van der Waals surface area (Å²) in [4.78, 5) is 4.42. The van der Waals surface area contributed by atoms with Crippen molar-refractivity contribution < 1.29 is 0 Å². The highest BCUT2D eigenvalue weighted by molar-refractivity contribution is 4.90. The van der Waals surface area contributed by atoms with Crippen molar-refractivity contribution in [2.45, 2.75) is 86.5 Å². The van der Waals surface area contributed by atoms with E-state index in [1.807, 2.05) is 13.8 Å². The van der Waals surface area contributed by atoms with Gasteiger partial charge in [0, 0.05) is 12.8 Å². The van der Waals surface area contributed by atoms with Gasteiger partial charge >= 0.3 is 0 Å². The van der Waals surface area contributed by atoms with E-state index in [2.05, 4.69) is 42.9 Å². The fourth-order valence-corrected chi connectivity index (χ4v) is 1.24. The van der Waals surface area contributed by atoms with Crippen molar-refractivity contribution in [3.63, 3.8) is 0 Å². The lowest BCUT2D eigenvalue weighted by Gasteiger charge is -1.91. The quantitative estimate of drug-likeness (QED) is 0.783. The number of aromatic nitrogens is 3. The number of aromatic amines is 1. The highest BCUT2D eigenvalue weighted by Gasteiger charge is 2.01. The maximum atomic E-state index is 4.42. The number of unbranched alkanes of at least 4 members (excludes halogenated alkanes) is 2. The molecule has 1 aromatic heterocycles. The molecule has 0 spiro atoms. The minimum atomic E-state index is 0.980. The molecule has 0 aromatic carbocycles. The van der Waals surface area contributed by atoms with Crippen LogP contribution in [0.2, 0.25) is 0 Å². The average Bonchev–Trinajstić information content (AvgIpc) is 2.85. The van der Waals surface area contributed by atoms with Crippen LogP contribution in [0, 0.1) is 0 Å². The first-order valence-corrected chi connectivity index (χ1v) is 7.68. The highest BCUT2D eigenvalue weighted by atomic mass is 15.2. The number of aryl methyl sites for hydroxylation is 2. The lowest BCUT2D eigenvalue weighted by Crippen LogP contribution is -1.89. The summed E-state index contributed by atoms with van der Waals surface area (Å²) in [6, 6.07) is 0. The largest absolute Gasteiger partial charge is 0.263 e. The number of H-pyrrole nitrogens is 1. The average molecular weight is 255 g/mol. The molecule has 1 heterocycles. The Morgan fingerprint density at radius 2 is 1.39 bits per heavy atom. The molecule has 0 saturated heterocycles. The Hall–Kier alpha value is -0.860. The van der Waals surface area contributed by atoms with Crippen LogP contribution in [0.1, 0.15) is 85.3 Å². The van der Waals surface area contributed by atoms with Crippen LogP contribution >= 0.6 is 0 Å². The Balaban J connectivity index is 0. The van der Waals surface area contributed by atoms with Crippen molar-refractivity contribution in [2.75, 3.05) is 0 Å². The van der Waals surface area contributed by atoms with Gasteiger partial charge in [-0.25, -0.2) is 4.98 Å². The van der Waals surface area contributed by atoms with Crippen LogP contribution in [-0.4, -0.2) is 15.2 Å². The first kappa shape index (κ1) is 19.5. The van der Waals surface area contributed by atoms with Crippen molar-refractivity contribution in [1.29, 1.82) is 0 Å². The zero-order valence-electron chi connectivity index (χ0n) is 13.3. The number of hydrogen-bond acceptors (Lipinski definition) is 2. The molecule has 0 bridgehead atoms. The molecule has 1 aromatic rings. The van der Waals surface area contributed by atoms with Crippen molar-refractivity contribution in [1.82, 2.24) is 15.2 Å². The van der Waals surface area contributed by atoms with E-state index in [0.717, 1.165) is 24.5 Å². The lowest BCUT2D eigenvalue weighted by molar-refractivity contribution is 0.748. The molecule has 3 nitrogen and oxygen atoms in total. The first-order valence-electron chi connectivity index (χ1n) is 7.68. The Morgan fingerprint density at radius 3 is 1.89 bits per heavy atom. The number of rotatable bonds is 6. The van der Waals surface area contributed by atoms with Crippen LogP contribution in [0.4, 0.5) is 0 Å². The van der Waals surface area contributed by atoms with Crippen LogP contribution in [-0.2, 0) is 12.8 Å². The topological polar surface area (TPSA) is 41.6 Å². The second kappa shape index (κ2) is 16.1. The molecule has 0 amide bonds. The van der Waals surface area contributed by atoms with Crippen LogP contribution < -0.4 is 0 Å². The summed E-state index contributed by atoms with van der Waals surface area (Å²) in [5.74, 6) is 2.03. The fourth-order valence-electron chi connectivity index (χ4n) is 1.24. The van der Waals surface area contributed by atoms with E-state index >= 15 is 0 Å². The first-order chi connectivity index (χ1) is 8.78. The summed E-state index contributed by atoms with van der Waals surface area (Å²) in [5.41, 5.74) is 0. The molecular weight excluding hydrogens is 222 g/mol. The molecule has 1 N–H and O–H groups in total. The van der Waals surface area contributed by atoms with Gasteiger partial charge in [0.05, 0.1) is 0 Å². The summed E-state index contributed by atoms with van der Waals surface area (Å²) in [6.45, 7) is 12.6. The summed E-state index contributed by atoms with van der Waals surface area (Å²) >= 11 is 0. The molecular formula is C15H33N3. The molecule has 0 aliphatic carbocycles. The third-order valence-corrected chi connectivity index (χ3v) is 2.10. The zero-order chi connectivity index (χ0) is 14.2. The van der Waals surface area contributed by atoms with Crippen LogP contribution in [0.3, 0.4) is 0 Å². The zero-order valence-corrected chi connectivity index (χ0v) is 13.3. The molecule has 0 radical (unpaired) electrons. The van der Waals surface area contributed by atoms with E-state index in [0.29, 0.717) is 0 Å². The van der Waals surface area contributed by atoms with Crippen LogP contribution in [0.15, 0.2) is 0 Å². The van der Waals surface area contributed by atoms with Gasteiger partial charge in [0.2, 0.25) is 0 Å². The molecule has 1 rings (SSSR count). The normalized spacial score (nSPS) is 9.00. The summed E-state index contributed by atoms with van der Waals surface area (Å²) in [7, 11) is 0. The fraction of sp³-hybridized carbons (Fsp3) is 0.867. The van der Waals surface area contributed by atoms with Gasteiger partial charge in [-0.3, -0.25) is 5.10 Å². The Bertz CT molecular complexity index is 221. The van der Waals surface area contributed by atoms with Crippen molar-refractivity contribution >= 4 is 0 Å². The Kier molecular flexibility index (Phi) is 17.5. The van der Waals surface area contributed by atoms with E-state index in [-0.39, 0.29) is 0 Å². The van der Waals surface area contributed by atoms with E-state index in [1.54, 1.807) is 0 Å². The van der Waals surface area contributed by atoms with Gasteiger partial charge in [-0.1, -0.05) is 60.8 Å². The molecule has 0 aliphatic heterocycles. The second-order valence-corrected chi connectivity index (χ2v) is 4.11. The third-order valence-electron chi connectivity index (χ3n) is 2.10. The van der Waals surface area contributed by atoms with Crippen LogP contribution in [0.5, 0.6) is 0 Å². The van der Waals surface area contributed by atoms with Crippen molar-refractivity contribution in [3.8, 4) is 0 Å². The molecule has 0 saturated carbocycles. The lowest BCUT2D eigenvalue weighted by atomic mass is 10.2. The minimum absolute atomic E-state index is 0.980. The van der Waals surface area contributed by atoms with Gasteiger partial charge in [-0.2, -0.15) is 5.10 Å². The molecule has 0 aliphatic rings. The van der Waals surface area contributed by atoms with Crippen LogP contribution in [0.25, 0.3) is 0 Å². The minimum Gasteiger partial charge on any atom is -0.263 e. The predicted octanol–water partition coefficient (Wildman–Crippen LogP) is 4.93. The van der Waals surface area contributed by atoms with Gasteiger partial charge in [0.1, 0.15) is 5.82 Å². The van der Waals surface area contributed by atoms with Gasteiger partial charge in [-0.15, -0.1) is 0 Å². The summed E-state index contributed by atoms with van der Waals surface area (Å²) in [5, 5.41) is 7.16. The van der Waals surface area contributed by atoms with Gasteiger partial charge < -0.3 is 0 Å². The molecule has 3 heteroatoms. The maximum absolute atomic E-state index is 4.42. The second-order valence-electron chi connectivity index (χ2n) is 4.11. The third kappa shape index (κ3) is 11.6. The molecule has 0 atom stereocenters.